The molecule has 43 heavy (non-hydrogen) atoms. The minimum atomic E-state index is -4.18. The number of benzene rings is 4. The molecule has 0 spiro atoms. The van der Waals surface area contributed by atoms with Crippen molar-refractivity contribution in [3.8, 4) is 0 Å². The van der Waals surface area contributed by atoms with E-state index in [1.165, 1.54) is 17.0 Å². The van der Waals surface area contributed by atoms with E-state index in [-0.39, 0.29) is 29.5 Å². The molecule has 0 saturated heterocycles. The molecule has 0 heterocycles. The normalized spacial score (nSPS) is 11.9. The fraction of sp³-hybridized carbons (Fsp3) is 0.235. The summed E-state index contributed by atoms with van der Waals surface area (Å²) < 4.78 is 29.1. The molecule has 7 nitrogen and oxygen atoms in total. The highest BCUT2D eigenvalue weighted by Crippen LogP contribution is 2.29. The zero-order valence-electron chi connectivity index (χ0n) is 24.5. The molecule has 1 atom stereocenters. The van der Waals surface area contributed by atoms with Gasteiger partial charge in [0.05, 0.1) is 10.6 Å². The standard InChI is InChI=1S/C34H36ClN3O4S/c1-4-36-34(40)32(21-27-13-7-5-8-14-27)37(23-28-15-11-12-25(2)20-28)33(39)24-38(29-19-18-26(3)31(35)22-29)43(41,42)30-16-9-6-10-17-30/h5-20,22,32H,4,21,23-24H2,1-3H3,(H,36,40)/t32-/m1/s1. The van der Waals surface area contributed by atoms with E-state index in [0.717, 1.165) is 26.6 Å². The van der Waals surface area contributed by atoms with Crippen LogP contribution in [0.4, 0.5) is 5.69 Å². The van der Waals surface area contributed by atoms with Crippen molar-refractivity contribution in [2.24, 2.45) is 0 Å². The number of aryl methyl sites for hydroxylation is 2. The zero-order valence-corrected chi connectivity index (χ0v) is 26.1. The lowest BCUT2D eigenvalue weighted by Crippen LogP contribution is -2.53. The number of sulfonamides is 1. The highest BCUT2D eigenvalue weighted by molar-refractivity contribution is 7.92. The van der Waals surface area contributed by atoms with Crippen molar-refractivity contribution in [1.82, 2.24) is 10.2 Å². The SMILES string of the molecule is CCNC(=O)[C@@H](Cc1ccccc1)N(Cc1cccc(C)c1)C(=O)CN(c1ccc(C)c(Cl)c1)S(=O)(=O)c1ccccc1. The van der Waals surface area contributed by atoms with Gasteiger partial charge in [0, 0.05) is 24.5 Å². The Hall–Kier alpha value is -4.14. The number of nitrogens with one attached hydrogen (secondary N) is 1. The summed E-state index contributed by atoms with van der Waals surface area (Å²) in [5.74, 6) is -0.840. The Bertz CT molecular complexity index is 1660. The van der Waals surface area contributed by atoms with Crippen molar-refractivity contribution in [3.05, 3.63) is 130 Å². The lowest BCUT2D eigenvalue weighted by Gasteiger charge is -2.34. The molecule has 0 aliphatic rings. The minimum Gasteiger partial charge on any atom is -0.355 e. The quantitative estimate of drug-likeness (QED) is 0.214. The molecule has 224 valence electrons. The molecular formula is C34H36ClN3O4S. The number of halogens is 1. The summed E-state index contributed by atoms with van der Waals surface area (Å²) in [6.07, 6.45) is 0.256. The number of carbonyl (C=O) groups excluding carboxylic acids is 2. The average Bonchev–Trinajstić information content (AvgIpc) is 3.00. The first-order chi connectivity index (χ1) is 20.6. The monoisotopic (exact) mass is 617 g/mol. The van der Waals surface area contributed by atoms with E-state index in [0.29, 0.717) is 11.6 Å². The van der Waals surface area contributed by atoms with Crippen molar-refractivity contribution < 1.29 is 18.0 Å². The smallest absolute Gasteiger partial charge is 0.264 e. The van der Waals surface area contributed by atoms with Gasteiger partial charge in [-0.2, -0.15) is 0 Å². The number of hydrogen-bond acceptors (Lipinski definition) is 4. The summed E-state index contributed by atoms with van der Waals surface area (Å²) in [5.41, 5.74) is 3.73. The lowest BCUT2D eigenvalue weighted by atomic mass is 10.0. The molecule has 2 amide bonds. The van der Waals surface area contributed by atoms with E-state index in [2.05, 4.69) is 5.32 Å². The van der Waals surface area contributed by atoms with Crippen molar-refractivity contribution in [2.75, 3.05) is 17.4 Å². The molecule has 0 aliphatic carbocycles. The van der Waals surface area contributed by atoms with Crippen LogP contribution in [0.5, 0.6) is 0 Å². The van der Waals surface area contributed by atoms with Crippen LogP contribution in [0, 0.1) is 13.8 Å². The molecule has 4 aromatic rings. The summed E-state index contributed by atoms with van der Waals surface area (Å²) in [6.45, 7) is 5.55. The maximum absolute atomic E-state index is 14.4. The maximum Gasteiger partial charge on any atom is 0.264 e. The first-order valence-electron chi connectivity index (χ1n) is 14.1. The van der Waals surface area contributed by atoms with Crippen LogP contribution in [0.2, 0.25) is 5.02 Å². The van der Waals surface area contributed by atoms with Gasteiger partial charge in [0.25, 0.3) is 10.0 Å². The second-order valence-electron chi connectivity index (χ2n) is 10.4. The molecular weight excluding hydrogens is 582 g/mol. The molecule has 0 saturated carbocycles. The largest absolute Gasteiger partial charge is 0.355 e. The van der Waals surface area contributed by atoms with E-state index < -0.39 is 28.5 Å². The number of rotatable bonds is 12. The topological polar surface area (TPSA) is 86.8 Å². The first kappa shape index (κ1) is 31.8. The van der Waals surface area contributed by atoms with E-state index in [1.807, 2.05) is 75.4 Å². The molecule has 0 aromatic heterocycles. The molecule has 4 rings (SSSR count). The van der Waals surface area contributed by atoms with Crippen LogP contribution in [-0.4, -0.2) is 44.3 Å². The Morgan fingerprint density at radius 2 is 1.49 bits per heavy atom. The highest BCUT2D eigenvalue weighted by atomic mass is 35.5. The molecule has 0 radical (unpaired) electrons. The van der Waals surface area contributed by atoms with E-state index in [4.69, 9.17) is 11.6 Å². The number of amides is 2. The van der Waals surface area contributed by atoms with Gasteiger partial charge < -0.3 is 10.2 Å². The first-order valence-corrected chi connectivity index (χ1v) is 15.9. The third-order valence-electron chi connectivity index (χ3n) is 7.11. The molecule has 0 aliphatic heterocycles. The van der Waals surface area contributed by atoms with Crippen LogP contribution in [0.3, 0.4) is 0 Å². The van der Waals surface area contributed by atoms with Crippen LogP contribution < -0.4 is 9.62 Å². The summed E-state index contributed by atoms with van der Waals surface area (Å²) in [6, 6.07) is 29.1. The third-order valence-corrected chi connectivity index (χ3v) is 9.31. The number of nitrogens with zero attached hydrogens (tertiary/aromatic N) is 2. The van der Waals surface area contributed by atoms with E-state index in [1.54, 1.807) is 36.4 Å². The molecule has 4 aromatic carbocycles. The van der Waals surface area contributed by atoms with Gasteiger partial charge in [0.15, 0.2) is 0 Å². The summed E-state index contributed by atoms with van der Waals surface area (Å²) in [5, 5.41) is 3.25. The average molecular weight is 618 g/mol. The molecule has 1 N–H and O–H groups in total. The van der Waals surface area contributed by atoms with Crippen LogP contribution in [0.25, 0.3) is 0 Å². The third kappa shape index (κ3) is 8.03. The number of anilines is 1. The Kier molecular flexibility index (Phi) is 10.6. The van der Waals surface area contributed by atoms with Gasteiger partial charge in [-0.3, -0.25) is 13.9 Å². The predicted octanol–water partition coefficient (Wildman–Crippen LogP) is 5.93. The fourth-order valence-electron chi connectivity index (χ4n) is 4.84. The van der Waals surface area contributed by atoms with Crippen molar-refractivity contribution in [2.45, 2.75) is 44.7 Å². The lowest BCUT2D eigenvalue weighted by molar-refractivity contribution is -0.140. The van der Waals surface area contributed by atoms with Crippen LogP contribution in [0.1, 0.15) is 29.2 Å². The Labute approximate surface area is 259 Å². The number of hydrogen-bond donors (Lipinski definition) is 1. The minimum absolute atomic E-state index is 0.0364. The van der Waals surface area contributed by atoms with Crippen LogP contribution in [-0.2, 0) is 32.6 Å². The Balaban J connectivity index is 1.81. The van der Waals surface area contributed by atoms with Gasteiger partial charge >= 0.3 is 0 Å². The van der Waals surface area contributed by atoms with Gasteiger partial charge in [0.2, 0.25) is 11.8 Å². The highest BCUT2D eigenvalue weighted by Gasteiger charge is 2.34. The Morgan fingerprint density at radius 3 is 2.12 bits per heavy atom. The van der Waals surface area contributed by atoms with Crippen molar-refractivity contribution >= 4 is 39.1 Å². The molecule has 0 fully saturated rings. The number of likely N-dealkylation sites (N-methyl/N-ethyl adjacent to an activating group) is 1. The van der Waals surface area contributed by atoms with Gasteiger partial charge in [-0.05, 0) is 61.7 Å². The van der Waals surface area contributed by atoms with Crippen molar-refractivity contribution in [1.29, 1.82) is 0 Å². The fourth-order valence-corrected chi connectivity index (χ4v) is 6.44. The number of carbonyl (C=O) groups is 2. The van der Waals surface area contributed by atoms with Crippen LogP contribution in [0.15, 0.2) is 108 Å². The van der Waals surface area contributed by atoms with Gasteiger partial charge in [-0.25, -0.2) is 8.42 Å². The summed E-state index contributed by atoms with van der Waals surface area (Å²) >= 11 is 6.42. The van der Waals surface area contributed by atoms with Crippen molar-refractivity contribution in [3.63, 3.8) is 0 Å². The zero-order chi connectivity index (χ0) is 31.0. The second kappa shape index (κ2) is 14.4. The molecule has 0 bridgehead atoms. The van der Waals surface area contributed by atoms with E-state index in [9.17, 15) is 18.0 Å². The van der Waals surface area contributed by atoms with Crippen LogP contribution >= 0.6 is 11.6 Å². The Morgan fingerprint density at radius 1 is 0.837 bits per heavy atom. The van der Waals surface area contributed by atoms with E-state index >= 15 is 0 Å². The maximum atomic E-state index is 14.4. The second-order valence-corrected chi connectivity index (χ2v) is 12.6. The predicted molar refractivity (Wildman–Crippen MR) is 172 cm³/mol. The van der Waals surface area contributed by atoms with Gasteiger partial charge in [-0.15, -0.1) is 0 Å². The summed E-state index contributed by atoms with van der Waals surface area (Å²) in [4.78, 5) is 29.5. The van der Waals surface area contributed by atoms with Gasteiger partial charge in [0.1, 0.15) is 12.6 Å². The molecule has 9 heteroatoms. The summed E-state index contributed by atoms with van der Waals surface area (Å²) in [7, 11) is -4.18. The van der Waals surface area contributed by atoms with Gasteiger partial charge in [-0.1, -0.05) is 96.0 Å². The molecule has 0 unspecified atom stereocenters.